The van der Waals surface area contributed by atoms with Crippen LogP contribution in [0.25, 0.3) is 0 Å². The summed E-state index contributed by atoms with van der Waals surface area (Å²) < 4.78 is 10.7. The molecule has 0 spiro atoms. The van der Waals surface area contributed by atoms with E-state index < -0.39 is 29.2 Å². The predicted octanol–water partition coefficient (Wildman–Crippen LogP) is 2.58. The van der Waals surface area contributed by atoms with E-state index in [2.05, 4.69) is 0 Å². The maximum Gasteiger partial charge on any atom is 0.410 e. The summed E-state index contributed by atoms with van der Waals surface area (Å²) in [4.78, 5) is 39.7. The molecule has 0 bridgehead atoms. The molecule has 1 aromatic rings. The number of rotatable bonds is 3. The molecule has 28 heavy (non-hydrogen) atoms. The fraction of sp³-hybridized carbons (Fsp3) is 0.550. The molecule has 2 heterocycles. The molecule has 3 rings (SSSR count). The number of carboxylic acid groups (broad SMARTS) is 1. The molecule has 0 saturated carbocycles. The van der Waals surface area contributed by atoms with Gasteiger partial charge in [-0.05, 0) is 26.3 Å². The molecule has 1 N–H and O–H groups in total. The van der Waals surface area contributed by atoms with Gasteiger partial charge < -0.3 is 24.4 Å². The summed E-state index contributed by atoms with van der Waals surface area (Å²) in [6.45, 7) is 5.93. The normalized spacial score (nSPS) is 24.0. The highest BCUT2D eigenvalue weighted by molar-refractivity contribution is 5.81. The molecule has 1 aromatic carbocycles. The van der Waals surface area contributed by atoms with Gasteiger partial charge in [0.25, 0.3) is 0 Å². The van der Waals surface area contributed by atoms with E-state index in [1.807, 2.05) is 30.3 Å². The number of benzene rings is 1. The van der Waals surface area contributed by atoms with Crippen LogP contribution in [0.4, 0.5) is 9.59 Å². The molecular formula is C20H26N2O6. The molecular weight excluding hydrogens is 364 g/mol. The second kappa shape index (κ2) is 7.33. The number of hydrogen-bond donors (Lipinski definition) is 1. The zero-order valence-corrected chi connectivity index (χ0v) is 16.4. The third-order valence-electron chi connectivity index (χ3n) is 5.15. The second-order valence-corrected chi connectivity index (χ2v) is 8.44. The van der Waals surface area contributed by atoms with Gasteiger partial charge in [0.15, 0.2) is 0 Å². The van der Waals surface area contributed by atoms with Gasteiger partial charge >= 0.3 is 18.2 Å². The summed E-state index contributed by atoms with van der Waals surface area (Å²) in [6, 6.07) is 9.29. The highest BCUT2D eigenvalue weighted by Gasteiger charge is 2.60. The Bertz CT molecular complexity index is 760. The molecule has 152 valence electrons. The Morgan fingerprint density at radius 1 is 1.07 bits per heavy atom. The van der Waals surface area contributed by atoms with Crippen LogP contribution in [0, 0.1) is 11.3 Å². The van der Waals surface area contributed by atoms with Crippen LogP contribution < -0.4 is 0 Å². The SMILES string of the molecule is CC(C)(C)OC(=O)N1C[C@H]2CN(C(=O)OCc3ccccc3)C[C@]2(C(=O)O)C1. The van der Waals surface area contributed by atoms with Gasteiger partial charge in [0.1, 0.15) is 17.6 Å². The largest absolute Gasteiger partial charge is 0.481 e. The first kappa shape index (κ1) is 20.0. The van der Waals surface area contributed by atoms with Crippen molar-refractivity contribution in [1.29, 1.82) is 0 Å². The number of aliphatic carboxylic acids is 1. The van der Waals surface area contributed by atoms with Crippen molar-refractivity contribution >= 4 is 18.2 Å². The van der Waals surface area contributed by atoms with E-state index in [1.165, 1.54) is 9.80 Å². The summed E-state index contributed by atoms with van der Waals surface area (Å²) in [5.74, 6) is -1.37. The first-order chi connectivity index (χ1) is 13.1. The first-order valence-corrected chi connectivity index (χ1v) is 9.28. The topological polar surface area (TPSA) is 96.4 Å². The Hall–Kier alpha value is -2.77. The second-order valence-electron chi connectivity index (χ2n) is 8.44. The number of ether oxygens (including phenoxy) is 2. The molecule has 2 fully saturated rings. The number of hydrogen-bond acceptors (Lipinski definition) is 5. The van der Waals surface area contributed by atoms with Gasteiger partial charge in [0.2, 0.25) is 0 Å². The van der Waals surface area contributed by atoms with Gasteiger partial charge in [-0.1, -0.05) is 30.3 Å². The van der Waals surface area contributed by atoms with E-state index >= 15 is 0 Å². The van der Waals surface area contributed by atoms with E-state index in [1.54, 1.807) is 20.8 Å². The van der Waals surface area contributed by atoms with Crippen LogP contribution in [0.3, 0.4) is 0 Å². The van der Waals surface area contributed by atoms with Crippen molar-refractivity contribution in [3.05, 3.63) is 35.9 Å². The number of amides is 2. The summed E-state index contributed by atoms with van der Waals surface area (Å²) in [5, 5.41) is 9.86. The summed E-state index contributed by atoms with van der Waals surface area (Å²) in [5.41, 5.74) is -0.986. The average Bonchev–Trinajstić information content (AvgIpc) is 3.15. The van der Waals surface area contributed by atoms with E-state index in [9.17, 15) is 19.5 Å². The Morgan fingerprint density at radius 3 is 2.14 bits per heavy atom. The van der Waals surface area contributed by atoms with Crippen LogP contribution in [-0.4, -0.2) is 64.8 Å². The van der Waals surface area contributed by atoms with Gasteiger partial charge in [0, 0.05) is 32.1 Å². The minimum absolute atomic E-state index is 0.0138. The van der Waals surface area contributed by atoms with Crippen molar-refractivity contribution in [2.75, 3.05) is 26.2 Å². The number of nitrogens with zero attached hydrogens (tertiary/aromatic N) is 2. The maximum absolute atomic E-state index is 12.4. The van der Waals surface area contributed by atoms with Crippen molar-refractivity contribution in [3.8, 4) is 0 Å². The quantitative estimate of drug-likeness (QED) is 0.852. The zero-order chi connectivity index (χ0) is 20.5. The number of fused-ring (bicyclic) bond motifs is 1. The van der Waals surface area contributed by atoms with Gasteiger partial charge in [0.05, 0.1) is 0 Å². The van der Waals surface area contributed by atoms with Crippen molar-refractivity contribution in [1.82, 2.24) is 9.80 Å². The van der Waals surface area contributed by atoms with E-state index in [-0.39, 0.29) is 38.7 Å². The van der Waals surface area contributed by atoms with Crippen molar-refractivity contribution in [2.45, 2.75) is 33.0 Å². The molecule has 2 saturated heterocycles. The average molecular weight is 390 g/mol. The lowest BCUT2D eigenvalue weighted by molar-refractivity contribution is -0.148. The summed E-state index contributed by atoms with van der Waals surface area (Å²) in [6.07, 6.45) is -1.07. The Labute approximate surface area is 164 Å². The van der Waals surface area contributed by atoms with Crippen LogP contribution >= 0.6 is 0 Å². The highest BCUT2D eigenvalue weighted by atomic mass is 16.6. The number of carbonyl (C=O) groups is 3. The number of carboxylic acids is 1. The Morgan fingerprint density at radius 2 is 1.64 bits per heavy atom. The van der Waals surface area contributed by atoms with Crippen molar-refractivity contribution < 1.29 is 29.0 Å². The first-order valence-electron chi connectivity index (χ1n) is 9.28. The molecule has 0 radical (unpaired) electrons. The minimum Gasteiger partial charge on any atom is -0.481 e. The molecule has 8 nitrogen and oxygen atoms in total. The molecule has 2 amide bonds. The third-order valence-corrected chi connectivity index (χ3v) is 5.15. The van der Waals surface area contributed by atoms with Crippen molar-refractivity contribution in [2.24, 2.45) is 11.3 Å². The van der Waals surface area contributed by atoms with Gasteiger partial charge in [-0.25, -0.2) is 9.59 Å². The van der Waals surface area contributed by atoms with E-state index in [4.69, 9.17) is 9.47 Å². The Balaban J connectivity index is 1.63. The molecule has 0 aromatic heterocycles. The van der Waals surface area contributed by atoms with Crippen LogP contribution in [0.1, 0.15) is 26.3 Å². The standard InChI is InChI=1S/C20H26N2O6/c1-19(2,3)28-18(26)22-10-15-9-21(12-20(15,13-22)16(23)24)17(25)27-11-14-7-5-4-6-8-14/h4-8,15H,9-13H2,1-3H3,(H,23,24)/t15-,20+/m1/s1. The summed E-state index contributed by atoms with van der Waals surface area (Å²) >= 11 is 0. The zero-order valence-electron chi connectivity index (χ0n) is 16.4. The van der Waals surface area contributed by atoms with Crippen LogP contribution in [-0.2, 0) is 20.9 Å². The number of carbonyl (C=O) groups excluding carboxylic acids is 2. The lowest BCUT2D eigenvalue weighted by Crippen LogP contribution is -2.44. The van der Waals surface area contributed by atoms with Crippen LogP contribution in [0.15, 0.2) is 30.3 Å². The molecule has 2 aliphatic rings. The lowest BCUT2D eigenvalue weighted by Gasteiger charge is -2.27. The molecule has 0 unspecified atom stereocenters. The van der Waals surface area contributed by atoms with E-state index in [0.29, 0.717) is 0 Å². The smallest absolute Gasteiger partial charge is 0.410 e. The van der Waals surface area contributed by atoms with Gasteiger partial charge in [-0.3, -0.25) is 4.79 Å². The van der Waals surface area contributed by atoms with Crippen LogP contribution in [0.2, 0.25) is 0 Å². The predicted molar refractivity (Wildman–Crippen MR) is 99.6 cm³/mol. The van der Waals surface area contributed by atoms with Gasteiger partial charge in [-0.2, -0.15) is 0 Å². The minimum atomic E-state index is -1.19. The molecule has 8 heteroatoms. The monoisotopic (exact) mass is 390 g/mol. The molecule has 2 atom stereocenters. The molecule has 0 aliphatic carbocycles. The Kier molecular flexibility index (Phi) is 5.23. The maximum atomic E-state index is 12.4. The fourth-order valence-corrected chi connectivity index (χ4v) is 3.78. The van der Waals surface area contributed by atoms with Crippen LogP contribution in [0.5, 0.6) is 0 Å². The van der Waals surface area contributed by atoms with E-state index in [0.717, 1.165) is 5.56 Å². The third kappa shape index (κ3) is 4.05. The highest BCUT2D eigenvalue weighted by Crippen LogP contribution is 2.43. The molecule has 2 aliphatic heterocycles. The fourth-order valence-electron chi connectivity index (χ4n) is 3.78. The van der Waals surface area contributed by atoms with Crippen molar-refractivity contribution in [3.63, 3.8) is 0 Å². The van der Waals surface area contributed by atoms with Gasteiger partial charge in [-0.15, -0.1) is 0 Å². The summed E-state index contributed by atoms with van der Waals surface area (Å²) in [7, 11) is 0. The lowest BCUT2D eigenvalue weighted by atomic mass is 9.81. The number of likely N-dealkylation sites (tertiary alicyclic amines) is 2.